The van der Waals surface area contributed by atoms with Crippen molar-refractivity contribution in [2.75, 3.05) is 13.2 Å². The molecule has 1 heterocycles. The molecule has 0 radical (unpaired) electrons. The SMILES string of the molecule is O=C(COC(=O)c1cc2ccccc2oc1=O)NCCc1ccccc1. The lowest BCUT2D eigenvalue weighted by atomic mass is 10.1. The van der Waals surface area contributed by atoms with Crippen LogP contribution in [0, 0.1) is 0 Å². The van der Waals surface area contributed by atoms with Gasteiger partial charge in [0, 0.05) is 11.9 Å². The van der Waals surface area contributed by atoms with Crippen LogP contribution in [-0.4, -0.2) is 25.0 Å². The number of esters is 1. The third-order valence-electron chi connectivity index (χ3n) is 3.77. The maximum absolute atomic E-state index is 12.0. The minimum Gasteiger partial charge on any atom is -0.452 e. The van der Waals surface area contributed by atoms with Gasteiger partial charge in [-0.25, -0.2) is 9.59 Å². The number of carbonyl (C=O) groups excluding carboxylic acids is 2. The van der Waals surface area contributed by atoms with Crippen molar-refractivity contribution in [1.29, 1.82) is 0 Å². The van der Waals surface area contributed by atoms with Gasteiger partial charge in [0.25, 0.3) is 5.91 Å². The molecule has 1 N–H and O–H groups in total. The second-order valence-corrected chi connectivity index (χ2v) is 5.65. The Kier molecular flexibility index (Phi) is 5.43. The zero-order valence-electron chi connectivity index (χ0n) is 13.9. The molecule has 6 nitrogen and oxygen atoms in total. The van der Waals surface area contributed by atoms with Gasteiger partial charge < -0.3 is 14.5 Å². The van der Waals surface area contributed by atoms with Crippen LogP contribution < -0.4 is 10.9 Å². The molecule has 0 aliphatic rings. The minimum absolute atomic E-state index is 0.235. The summed E-state index contributed by atoms with van der Waals surface area (Å²) in [7, 11) is 0. The van der Waals surface area contributed by atoms with Crippen LogP contribution in [-0.2, 0) is 16.0 Å². The smallest absolute Gasteiger partial charge is 0.351 e. The van der Waals surface area contributed by atoms with Gasteiger partial charge in [0.2, 0.25) is 0 Å². The molecule has 0 saturated heterocycles. The molecule has 3 rings (SSSR count). The molecule has 3 aromatic rings. The van der Waals surface area contributed by atoms with E-state index in [-0.39, 0.29) is 5.56 Å². The van der Waals surface area contributed by atoms with Crippen LogP contribution in [0.2, 0.25) is 0 Å². The first-order chi connectivity index (χ1) is 12.6. The van der Waals surface area contributed by atoms with Crippen LogP contribution in [0.25, 0.3) is 11.0 Å². The number of carbonyl (C=O) groups is 2. The Hall–Kier alpha value is -3.41. The topological polar surface area (TPSA) is 85.6 Å². The Morgan fingerprint density at radius 3 is 2.54 bits per heavy atom. The highest BCUT2D eigenvalue weighted by Gasteiger charge is 2.16. The molecule has 0 fully saturated rings. The first kappa shape index (κ1) is 17.4. The van der Waals surface area contributed by atoms with Crippen molar-refractivity contribution in [3.05, 3.63) is 82.2 Å². The molecule has 6 heteroatoms. The number of ether oxygens (including phenoxy) is 1. The van der Waals surface area contributed by atoms with Crippen molar-refractivity contribution in [1.82, 2.24) is 5.32 Å². The Bertz CT molecular complexity index is 978. The zero-order chi connectivity index (χ0) is 18.4. The number of para-hydroxylation sites is 1. The zero-order valence-corrected chi connectivity index (χ0v) is 13.9. The summed E-state index contributed by atoms with van der Waals surface area (Å²) in [6.07, 6.45) is 0.675. The van der Waals surface area contributed by atoms with Crippen molar-refractivity contribution in [3.63, 3.8) is 0 Å². The van der Waals surface area contributed by atoms with Gasteiger partial charge in [0.15, 0.2) is 6.61 Å². The molecule has 0 aliphatic heterocycles. The van der Waals surface area contributed by atoms with E-state index in [0.29, 0.717) is 23.9 Å². The van der Waals surface area contributed by atoms with Crippen molar-refractivity contribution in [3.8, 4) is 0 Å². The minimum atomic E-state index is -0.886. The molecule has 26 heavy (non-hydrogen) atoms. The van der Waals surface area contributed by atoms with E-state index in [1.165, 1.54) is 6.07 Å². The van der Waals surface area contributed by atoms with Crippen molar-refractivity contribution in [2.24, 2.45) is 0 Å². The molecule has 1 amide bonds. The number of rotatable bonds is 6. The Morgan fingerprint density at radius 2 is 1.73 bits per heavy atom. The van der Waals surface area contributed by atoms with E-state index in [0.717, 1.165) is 5.56 Å². The largest absolute Gasteiger partial charge is 0.452 e. The van der Waals surface area contributed by atoms with E-state index in [2.05, 4.69) is 5.32 Å². The Morgan fingerprint density at radius 1 is 1.00 bits per heavy atom. The summed E-state index contributed by atoms with van der Waals surface area (Å²) < 4.78 is 9.99. The summed E-state index contributed by atoms with van der Waals surface area (Å²) in [5.41, 5.74) is 0.449. The third-order valence-corrected chi connectivity index (χ3v) is 3.77. The molecule has 2 aromatic carbocycles. The van der Waals surface area contributed by atoms with Gasteiger partial charge in [-0.2, -0.15) is 0 Å². The van der Waals surface area contributed by atoms with E-state index in [9.17, 15) is 14.4 Å². The van der Waals surface area contributed by atoms with Gasteiger partial charge in [-0.1, -0.05) is 48.5 Å². The number of fused-ring (bicyclic) bond motifs is 1. The summed E-state index contributed by atoms with van der Waals surface area (Å²) in [5.74, 6) is -1.32. The molecule has 0 aliphatic carbocycles. The Balaban J connectivity index is 1.53. The van der Waals surface area contributed by atoms with Crippen molar-refractivity contribution in [2.45, 2.75) is 6.42 Å². The molecule has 0 unspecified atom stereocenters. The van der Waals surface area contributed by atoms with Gasteiger partial charge in [-0.3, -0.25) is 4.79 Å². The van der Waals surface area contributed by atoms with Gasteiger partial charge in [-0.05, 0) is 24.1 Å². The first-order valence-corrected chi connectivity index (χ1v) is 8.14. The number of hydrogen-bond donors (Lipinski definition) is 1. The highest BCUT2D eigenvalue weighted by molar-refractivity contribution is 5.94. The standard InChI is InChI=1S/C20H17NO5/c22-18(21-11-10-14-6-2-1-3-7-14)13-25-19(23)16-12-15-8-4-5-9-17(15)26-20(16)24/h1-9,12H,10-11,13H2,(H,21,22). The van der Waals surface area contributed by atoms with Crippen molar-refractivity contribution >= 4 is 22.8 Å². The quantitative estimate of drug-likeness (QED) is 0.544. The van der Waals surface area contributed by atoms with Gasteiger partial charge in [-0.15, -0.1) is 0 Å². The lowest BCUT2D eigenvalue weighted by Gasteiger charge is -2.07. The van der Waals surface area contributed by atoms with Crippen LogP contribution in [0.3, 0.4) is 0 Å². The lowest BCUT2D eigenvalue weighted by Crippen LogP contribution is -2.31. The summed E-state index contributed by atoms with van der Waals surface area (Å²) in [6, 6.07) is 17.9. The molecule has 132 valence electrons. The van der Waals surface area contributed by atoms with E-state index >= 15 is 0 Å². The molecule has 0 spiro atoms. The average Bonchev–Trinajstić information content (AvgIpc) is 2.66. The fourth-order valence-corrected chi connectivity index (χ4v) is 2.46. The van der Waals surface area contributed by atoms with Crippen LogP contribution in [0.5, 0.6) is 0 Å². The number of nitrogens with one attached hydrogen (secondary N) is 1. The van der Waals surface area contributed by atoms with E-state index in [1.807, 2.05) is 30.3 Å². The highest BCUT2D eigenvalue weighted by atomic mass is 16.5. The number of benzene rings is 2. The summed E-state index contributed by atoms with van der Waals surface area (Å²) in [5, 5.41) is 3.27. The maximum atomic E-state index is 12.0. The maximum Gasteiger partial charge on any atom is 0.351 e. The second-order valence-electron chi connectivity index (χ2n) is 5.65. The van der Waals surface area contributed by atoms with Gasteiger partial charge in [0.05, 0.1) is 0 Å². The summed E-state index contributed by atoms with van der Waals surface area (Å²) in [4.78, 5) is 35.7. The average molecular weight is 351 g/mol. The summed E-state index contributed by atoms with van der Waals surface area (Å²) >= 11 is 0. The molecule has 1 aromatic heterocycles. The summed E-state index contributed by atoms with van der Waals surface area (Å²) in [6.45, 7) is -0.0294. The molecular weight excluding hydrogens is 334 g/mol. The second kappa shape index (κ2) is 8.11. The number of hydrogen-bond acceptors (Lipinski definition) is 5. The molecule has 0 bridgehead atoms. The monoisotopic (exact) mass is 351 g/mol. The van der Waals surface area contributed by atoms with E-state index in [1.54, 1.807) is 24.3 Å². The predicted molar refractivity (Wildman–Crippen MR) is 95.9 cm³/mol. The van der Waals surface area contributed by atoms with Gasteiger partial charge in [0.1, 0.15) is 11.1 Å². The number of amides is 1. The van der Waals surface area contributed by atoms with Crippen LogP contribution >= 0.6 is 0 Å². The fraction of sp³-hybridized carbons (Fsp3) is 0.150. The van der Waals surface area contributed by atoms with Crippen LogP contribution in [0.4, 0.5) is 0 Å². The van der Waals surface area contributed by atoms with Crippen LogP contribution in [0.1, 0.15) is 15.9 Å². The fourth-order valence-electron chi connectivity index (χ4n) is 2.46. The lowest BCUT2D eigenvalue weighted by molar-refractivity contribution is -0.124. The van der Waals surface area contributed by atoms with Crippen molar-refractivity contribution < 1.29 is 18.7 Å². The Labute approximate surface area is 149 Å². The molecule has 0 saturated carbocycles. The van der Waals surface area contributed by atoms with Gasteiger partial charge >= 0.3 is 11.6 Å². The molecule has 0 atom stereocenters. The van der Waals surface area contributed by atoms with E-state index < -0.39 is 24.1 Å². The highest BCUT2D eigenvalue weighted by Crippen LogP contribution is 2.13. The first-order valence-electron chi connectivity index (χ1n) is 8.14. The third kappa shape index (κ3) is 4.36. The van der Waals surface area contributed by atoms with E-state index in [4.69, 9.17) is 9.15 Å². The normalized spacial score (nSPS) is 10.5. The predicted octanol–water partition coefficient (Wildman–Crippen LogP) is 2.31. The molecular formula is C20H17NO5. The van der Waals surface area contributed by atoms with Crippen LogP contribution in [0.15, 0.2) is 69.9 Å².